The van der Waals surface area contributed by atoms with E-state index in [1.807, 2.05) is 12.1 Å². The van der Waals surface area contributed by atoms with Gasteiger partial charge in [-0.05, 0) is 42.5 Å². The molecule has 0 saturated carbocycles. The van der Waals surface area contributed by atoms with E-state index < -0.39 is 10.0 Å². The molecule has 0 fully saturated rings. The summed E-state index contributed by atoms with van der Waals surface area (Å²) in [5.41, 5.74) is 2.07. The Labute approximate surface area is 157 Å². The lowest BCUT2D eigenvalue weighted by Crippen LogP contribution is -2.11. The summed E-state index contributed by atoms with van der Waals surface area (Å²) in [6.07, 6.45) is 1.62. The van der Waals surface area contributed by atoms with E-state index in [0.717, 1.165) is 5.56 Å². The van der Waals surface area contributed by atoms with Crippen molar-refractivity contribution in [3.63, 3.8) is 0 Å². The zero-order chi connectivity index (χ0) is 19.4. The molecule has 0 bridgehead atoms. The van der Waals surface area contributed by atoms with E-state index in [-0.39, 0.29) is 4.90 Å². The van der Waals surface area contributed by atoms with Crippen LogP contribution in [0.25, 0.3) is 11.3 Å². The van der Waals surface area contributed by atoms with Gasteiger partial charge in [0.1, 0.15) is 11.5 Å². The number of nitrogens with zero attached hydrogens (tertiary/aromatic N) is 2. The topological polar surface area (TPSA) is 116 Å². The number of methoxy groups -OCH3 is 2. The van der Waals surface area contributed by atoms with Crippen LogP contribution in [0.2, 0.25) is 0 Å². The van der Waals surface area contributed by atoms with E-state index in [9.17, 15) is 8.42 Å². The Kier molecular flexibility index (Phi) is 5.24. The van der Waals surface area contributed by atoms with Crippen LogP contribution in [0.5, 0.6) is 11.5 Å². The molecule has 1 aromatic heterocycles. The lowest BCUT2D eigenvalue weighted by molar-refractivity contribution is 0.395. The van der Waals surface area contributed by atoms with Gasteiger partial charge in [-0.15, -0.1) is 0 Å². The van der Waals surface area contributed by atoms with Crippen LogP contribution >= 0.6 is 0 Å². The molecule has 0 aliphatic rings. The summed E-state index contributed by atoms with van der Waals surface area (Å²) in [6.45, 7) is 0. The van der Waals surface area contributed by atoms with E-state index in [1.54, 1.807) is 44.7 Å². The summed E-state index contributed by atoms with van der Waals surface area (Å²) in [5.74, 6) is 1.66. The number of rotatable bonds is 6. The quantitative estimate of drug-likeness (QED) is 0.668. The zero-order valence-corrected chi connectivity index (χ0v) is 15.5. The smallest absolute Gasteiger partial charge is 0.238 e. The maximum absolute atomic E-state index is 11.3. The number of anilines is 2. The molecule has 0 spiro atoms. The number of benzene rings is 2. The van der Waals surface area contributed by atoms with Crippen molar-refractivity contribution < 1.29 is 17.9 Å². The molecule has 0 radical (unpaired) electrons. The molecule has 0 amide bonds. The summed E-state index contributed by atoms with van der Waals surface area (Å²) in [4.78, 5) is 8.71. The van der Waals surface area contributed by atoms with Crippen LogP contribution in [-0.2, 0) is 10.0 Å². The van der Waals surface area contributed by atoms with Crippen LogP contribution in [0.1, 0.15) is 0 Å². The Hall–Kier alpha value is -3.17. The monoisotopic (exact) mass is 386 g/mol. The molecule has 140 valence electrons. The van der Waals surface area contributed by atoms with Crippen molar-refractivity contribution in [1.29, 1.82) is 0 Å². The molecule has 27 heavy (non-hydrogen) atoms. The summed E-state index contributed by atoms with van der Waals surface area (Å²) >= 11 is 0. The Bertz CT molecular complexity index is 1050. The van der Waals surface area contributed by atoms with E-state index in [2.05, 4.69) is 15.3 Å². The maximum atomic E-state index is 11.3. The van der Waals surface area contributed by atoms with Crippen molar-refractivity contribution in [1.82, 2.24) is 9.97 Å². The third-order valence-electron chi connectivity index (χ3n) is 3.78. The minimum atomic E-state index is -3.73. The van der Waals surface area contributed by atoms with Crippen molar-refractivity contribution in [3.05, 3.63) is 54.7 Å². The van der Waals surface area contributed by atoms with Gasteiger partial charge in [0.15, 0.2) is 0 Å². The molecular formula is C18H18N4O4S. The van der Waals surface area contributed by atoms with Crippen LogP contribution in [0.4, 0.5) is 11.6 Å². The highest BCUT2D eigenvalue weighted by Gasteiger charge is 2.11. The van der Waals surface area contributed by atoms with Crippen molar-refractivity contribution >= 4 is 21.7 Å². The normalized spacial score (nSPS) is 11.1. The van der Waals surface area contributed by atoms with Gasteiger partial charge in [0.2, 0.25) is 16.0 Å². The molecule has 1 heterocycles. The van der Waals surface area contributed by atoms with E-state index in [4.69, 9.17) is 14.6 Å². The van der Waals surface area contributed by atoms with Gasteiger partial charge in [0, 0.05) is 23.5 Å². The molecule has 0 saturated heterocycles. The molecule has 2 aromatic carbocycles. The number of sulfonamides is 1. The number of ether oxygens (including phenoxy) is 2. The van der Waals surface area contributed by atoms with Gasteiger partial charge in [-0.2, -0.15) is 0 Å². The first-order chi connectivity index (χ1) is 12.9. The van der Waals surface area contributed by atoms with Gasteiger partial charge < -0.3 is 14.8 Å². The molecule has 9 heteroatoms. The number of aromatic nitrogens is 2. The second-order valence-corrected chi connectivity index (χ2v) is 7.09. The average molecular weight is 386 g/mol. The van der Waals surface area contributed by atoms with Crippen LogP contribution in [0.3, 0.4) is 0 Å². The average Bonchev–Trinajstić information content (AvgIpc) is 2.67. The molecule has 3 aromatic rings. The Morgan fingerprint density at radius 2 is 1.74 bits per heavy atom. The van der Waals surface area contributed by atoms with Crippen LogP contribution in [-0.4, -0.2) is 32.6 Å². The van der Waals surface area contributed by atoms with E-state index in [1.165, 1.54) is 12.1 Å². The van der Waals surface area contributed by atoms with E-state index in [0.29, 0.717) is 28.8 Å². The minimum Gasteiger partial charge on any atom is -0.497 e. The van der Waals surface area contributed by atoms with Crippen LogP contribution in [0.15, 0.2) is 59.6 Å². The third-order valence-corrected chi connectivity index (χ3v) is 4.71. The zero-order valence-electron chi connectivity index (χ0n) is 14.7. The molecular weight excluding hydrogens is 368 g/mol. The Morgan fingerprint density at radius 3 is 2.37 bits per heavy atom. The Morgan fingerprint density at radius 1 is 1.00 bits per heavy atom. The summed E-state index contributed by atoms with van der Waals surface area (Å²) < 4.78 is 33.3. The predicted octanol–water partition coefficient (Wildman–Crippen LogP) is 2.55. The number of hydrogen-bond donors (Lipinski definition) is 2. The SMILES string of the molecule is COc1ccc(-c2ccnc(Nc3ccc(S(N)(=O)=O)cc3)n2)c(OC)c1. The standard InChI is InChI=1S/C18H18N4O4S/c1-25-13-5-8-15(17(11-13)26-2)16-9-10-20-18(22-16)21-12-3-6-14(7-4-12)27(19,23)24/h3-11H,1-2H3,(H2,19,23,24)(H,20,21,22). The summed E-state index contributed by atoms with van der Waals surface area (Å²) in [5, 5.41) is 8.13. The summed E-state index contributed by atoms with van der Waals surface area (Å²) in [7, 11) is -0.571. The first kappa shape index (κ1) is 18.6. The number of nitrogens with two attached hydrogens (primary N) is 1. The third kappa shape index (κ3) is 4.33. The van der Waals surface area contributed by atoms with Gasteiger partial charge in [-0.1, -0.05) is 0 Å². The lowest BCUT2D eigenvalue weighted by atomic mass is 10.1. The molecule has 0 atom stereocenters. The fraction of sp³-hybridized carbons (Fsp3) is 0.111. The van der Waals surface area contributed by atoms with Crippen LogP contribution < -0.4 is 19.9 Å². The second-order valence-electron chi connectivity index (χ2n) is 5.53. The summed E-state index contributed by atoms with van der Waals surface area (Å²) in [6, 6.07) is 13.2. The largest absolute Gasteiger partial charge is 0.497 e. The minimum absolute atomic E-state index is 0.0330. The molecule has 0 aliphatic heterocycles. The van der Waals surface area contributed by atoms with Crippen molar-refractivity contribution in [2.75, 3.05) is 19.5 Å². The van der Waals surface area contributed by atoms with E-state index >= 15 is 0 Å². The highest BCUT2D eigenvalue weighted by molar-refractivity contribution is 7.89. The number of nitrogens with one attached hydrogen (secondary N) is 1. The number of hydrogen-bond acceptors (Lipinski definition) is 7. The fourth-order valence-electron chi connectivity index (χ4n) is 2.44. The first-order valence-corrected chi connectivity index (χ1v) is 9.40. The molecule has 0 unspecified atom stereocenters. The molecule has 3 rings (SSSR count). The maximum Gasteiger partial charge on any atom is 0.238 e. The van der Waals surface area contributed by atoms with Gasteiger partial charge in [0.05, 0.1) is 24.8 Å². The second kappa shape index (κ2) is 7.60. The predicted molar refractivity (Wildman–Crippen MR) is 102 cm³/mol. The highest BCUT2D eigenvalue weighted by atomic mass is 32.2. The molecule has 3 N–H and O–H groups in total. The van der Waals surface area contributed by atoms with Crippen LogP contribution in [0, 0.1) is 0 Å². The number of primary sulfonamides is 1. The van der Waals surface area contributed by atoms with Gasteiger partial charge in [-0.25, -0.2) is 23.5 Å². The Balaban J connectivity index is 1.88. The van der Waals surface area contributed by atoms with Crippen molar-refractivity contribution in [3.8, 4) is 22.8 Å². The molecule has 8 nitrogen and oxygen atoms in total. The van der Waals surface area contributed by atoms with Gasteiger partial charge in [0.25, 0.3) is 0 Å². The highest BCUT2D eigenvalue weighted by Crippen LogP contribution is 2.32. The fourth-order valence-corrected chi connectivity index (χ4v) is 2.95. The van der Waals surface area contributed by atoms with Crippen molar-refractivity contribution in [2.24, 2.45) is 5.14 Å². The van der Waals surface area contributed by atoms with Gasteiger partial charge >= 0.3 is 0 Å². The van der Waals surface area contributed by atoms with Crippen molar-refractivity contribution in [2.45, 2.75) is 4.90 Å². The molecule has 0 aliphatic carbocycles. The first-order valence-electron chi connectivity index (χ1n) is 7.86. The van der Waals surface area contributed by atoms with Gasteiger partial charge in [-0.3, -0.25) is 0 Å². The lowest BCUT2D eigenvalue weighted by Gasteiger charge is -2.11.